The van der Waals surface area contributed by atoms with Crippen LogP contribution in [0.1, 0.15) is 5.82 Å². The fraction of sp³-hybridized carbons (Fsp3) is 0.111. The molecule has 2 aromatic heterocycles. The SMILES string of the molecule is Clc1cccc(-n2nnnc2SCc2nn[nH]n2)c1. The summed E-state index contributed by atoms with van der Waals surface area (Å²) in [5.41, 5.74) is 0.799. The van der Waals surface area contributed by atoms with Crippen molar-refractivity contribution in [2.45, 2.75) is 10.9 Å². The highest BCUT2D eigenvalue weighted by molar-refractivity contribution is 7.98. The molecular weight excluding hydrogens is 288 g/mol. The summed E-state index contributed by atoms with van der Waals surface area (Å²) in [6.07, 6.45) is 0. The Bertz CT molecular complexity index is 666. The van der Waals surface area contributed by atoms with E-state index in [1.54, 1.807) is 16.8 Å². The van der Waals surface area contributed by atoms with E-state index >= 15 is 0 Å². The van der Waals surface area contributed by atoms with Crippen molar-refractivity contribution in [3.8, 4) is 5.69 Å². The van der Waals surface area contributed by atoms with E-state index in [0.717, 1.165) is 5.69 Å². The summed E-state index contributed by atoms with van der Waals surface area (Å²) in [6.45, 7) is 0. The third-order valence-corrected chi connectivity index (χ3v) is 3.36. The number of nitrogens with zero attached hydrogens (tertiary/aromatic N) is 7. The minimum atomic E-state index is 0.525. The monoisotopic (exact) mass is 294 g/mol. The molecule has 0 aliphatic heterocycles. The summed E-state index contributed by atoms with van der Waals surface area (Å²) in [5.74, 6) is 1.11. The summed E-state index contributed by atoms with van der Waals surface area (Å²) in [4.78, 5) is 0. The zero-order chi connectivity index (χ0) is 13.1. The Morgan fingerprint density at radius 1 is 1.32 bits per heavy atom. The number of rotatable bonds is 4. The van der Waals surface area contributed by atoms with Gasteiger partial charge in [-0.15, -0.1) is 15.3 Å². The van der Waals surface area contributed by atoms with Gasteiger partial charge in [0.05, 0.1) is 11.4 Å². The average Bonchev–Trinajstić information content (AvgIpc) is 3.08. The van der Waals surface area contributed by atoms with Gasteiger partial charge in [-0.1, -0.05) is 34.6 Å². The molecule has 0 atom stereocenters. The lowest BCUT2D eigenvalue weighted by molar-refractivity contribution is 0.756. The van der Waals surface area contributed by atoms with Crippen LogP contribution in [-0.2, 0) is 5.75 Å². The lowest BCUT2D eigenvalue weighted by Crippen LogP contribution is -1.99. The number of nitrogens with one attached hydrogen (secondary N) is 1. The molecule has 1 N–H and O–H groups in total. The number of H-pyrrole nitrogens is 1. The second-order valence-electron chi connectivity index (χ2n) is 3.47. The molecule has 3 aromatic rings. The molecule has 96 valence electrons. The van der Waals surface area contributed by atoms with Crippen LogP contribution in [0.5, 0.6) is 0 Å². The van der Waals surface area contributed by atoms with E-state index in [0.29, 0.717) is 21.8 Å². The van der Waals surface area contributed by atoms with Crippen molar-refractivity contribution in [1.29, 1.82) is 0 Å². The van der Waals surface area contributed by atoms with E-state index < -0.39 is 0 Å². The summed E-state index contributed by atoms with van der Waals surface area (Å²) >= 11 is 7.36. The van der Waals surface area contributed by atoms with E-state index in [-0.39, 0.29) is 0 Å². The van der Waals surface area contributed by atoms with Gasteiger partial charge in [-0.05, 0) is 28.6 Å². The van der Waals surface area contributed by atoms with Crippen LogP contribution in [0.3, 0.4) is 0 Å². The number of aromatic amines is 1. The van der Waals surface area contributed by atoms with Crippen LogP contribution in [0.15, 0.2) is 29.4 Å². The van der Waals surface area contributed by atoms with Crippen LogP contribution in [0.25, 0.3) is 5.69 Å². The van der Waals surface area contributed by atoms with Crippen molar-refractivity contribution in [2.24, 2.45) is 0 Å². The highest BCUT2D eigenvalue weighted by atomic mass is 35.5. The Labute approximate surface area is 116 Å². The number of hydrogen-bond donors (Lipinski definition) is 1. The second-order valence-corrected chi connectivity index (χ2v) is 4.85. The lowest BCUT2D eigenvalue weighted by Gasteiger charge is -2.03. The Kier molecular flexibility index (Phi) is 3.38. The molecule has 0 amide bonds. The van der Waals surface area contributed by atoms with Crippen molar-refractivity contribution in [3.05, 3.63) is 35.1 Å². The molecule has 0 saturated carbocycles. The van der Waals surface area contributed by atoms with E-state index in [1.807, 2.05) is 12.1 Å². The summed E-state index contributed by atoms with van der Waals surface area (Å²) in [5, 5.41) is 26.4. The molecule has 0 aliphatic rings. The molecule has 0 unspecified atom stereocenters. The maximum absolute atomic E-state index is 5.95. The van der Waals surface area contributed by atoms with Crippen molar-refractivity contribution < 1.29 is 0 Å². The molecule has 1 aromatic carbocycles. The summed E-state index contributed by atoms with van der Waals surface area (Å²) < 4.78 is 1.61. The molecule has 19 heavy (non-hydrogen) atoms. The summed E-state index contributed by atoms with van der Waals surface area (Å²) in [7, 11) is 0. The van der Waals surface area contributed by atoms with Gasteiger partial charge in [-0.3, -0.25) is 0 Å². The normalized spacial score (nSPS) is 10.8. The molecule has 10 heteroatoms. The van der Waals surface area contributed by atoms with Gasteiger partial charge in [0, 0.05) is 5.02 Å². The number of benzene rings is 1. The first-order valence-corrected chi connectivity index (χ1v) is 6.59. The number of tetrazole rings is 2. The van der Waals surface area contributed by atoms with Gasteiger partial charge in [-0.25, -0.2) is 0 Å². The first-order chi connectivity index (χ1) is 9.33. The van der Waals surface area contributed by atoms with Gasteiger partial charge in [0.2, 0.25) is 5.16 Å². The van der Waals surface area contributed by atoms with Gasteiger partial charge >= 0.3 is 0 Å². The second kappa shape index (κ2) is 5.33. The van der Waals surface area contributed by atoms with Crippen LogP contribution in [0, 0.1) is 0 Å². The number of hydrogen-bond acceptors (Lipinski definition) is 7. The molecule has 3 rings (SSSR count). The third kappa shape index (κ3) is 2.71. The standard InChI is InChI=1S/C9H7ClN8S/c10-6-2-1-3-7(4-6)18-9(13-16-17-18)19-5-8-11-14-15-12-8/h1-4H,5H2,(H,11,12,14,15). The molecule has 2 heterocycles. The first kappa shape index (κ1) is 12.1. The fourth-order valence-electron chi connectivity index (χ4n) is 1.41. The minimum absolute atomic E-state index is 0.525. The average molecular weight is 295 g/mol. The van der Waals surface area contributed by atoms with Crippen LogP contribution < -0.4 is 0 Å². The molecule has 0 spiro atoms. The topological polar surface area (TPSA) is 98.1 Å². The maximum atomic E-state index is 5.95. The summed E-state index contributed by atoms with van der Waals surface area (Å²) in [6, 6.07) is 7.30. The molecule has 0 radical (unpaired) electrons. The Morgan fingerprint density at radius 3 is 3.05 bits per heavy atom. The third-order valence-electron chi connectivity index (χ3n) is 2.21. The zero-order valence-electron chi connectivity index (χ0n) is 9.43. The number of thioether (sulfide) groups is 1. The van der Waals surface area contributed by atoms with E-state index in [9.17, 15) is 0 Å². The smallest absolute Gasteiger partial charge is 0.187 e. The van der Waals surface area contributed by atoms with E-state index in [4.69, 9.17) is 11.6 Å². The van der Waals surface area contributed by atoms with Gasteiger partial charge in [-0.2, -0.15) is 9.90 Å². The fourth-order valence-corrected chi connectivity index (χ4v) is 2.34. The van der Waals surface area contributed by atoms with Crippen molar-refractivity contribution in [3.63, 3.8) is 0 Å². The van der Waals surface area contributed by atoms with Gasteiger partial charge in [0.15, 0.2) is 5.82 Å². The zero-order valence-corrected chi connectivity index (χ0v) is 11.0. The van der Waals surface area contributed by atoms with Crippen molar-refractivity contribution in [1.82, 2.24) is 40.8 Å². The number of aromatic nitrogens is 8. The Balaban J connectivity index is 1.82. The molecule has 8 nitrogen and oxygen atoms in total. The van der Waals surface area contributed by atoms with E-state index in [1.165, 1.54) is 11.8 Å². The predicted molar refractivity (Wildman–Crippen MR) is 67.9 cm³/mol. The minimum Gasteiger partial charge on any atom is -0.187 e. The Hall–Kier alpha value is -2.00. The van der Waals surface area contributed by atoms with Gasteiger partial charge in [0.25, 0.3) is 0 Å². The predicted octanol–water partition coefficient (Wildman–Crippen LogP) is 1.12. The number of halogens is 1. The van der Waals surface area contributed by atoms with Crippen LogP contribution in [-0.4, -0.2) is 40.8 Å². The van der Waals surface area contributed by atoms with Gasteiger partial charge < -0.3 is 0 Å². The molecule has 0 bridgehead atoms. The molecule has 0 aliphatic carbocycles. The molecule has 0 fully saturated rings. The Morgan fingerprint density at radius 2 is 2.26 bits per heavy atom. The maximum Gasteiger partial charge on any atom is 0.214 e. The van der Waals surface area contributed by atoms with Crippen LogP contribution >= 0.6 is 23.4 Å². The highest BCUT2D eigenvalue weighted by Crippen LogP contribution is 2.22. The highest BCUT2D eigenvalue weighted by Gasteiger charge is 2.10. The molecular formula is C9H7ClN8S. The van der Waals surface area contributed by atoms with Crippen molar-refractivity contribution in [2.75, 3.05) is 0 Å². The van der Waals surface area contributed by atoms with Gasteiger partial charge in [0.1, 0.15) is 0 Å². The first-order valence-electron chi connectivity index (χ1n) is 5.22. The lowest BCUT2D eigenvalue weighted by atomic mass is 10.3. The molecule has 0 saturated heterocycles. The van der Waals surface area contributed by atoms with Crippen LogP contribution in [0.4, 0.5) is 0 Å². The van der Waals surface area contributed by atoms with Crippen LogP contribution in [0.2, 0.25) is 5.02 Å². The van der Waals surface area contributed by atoms with Crippen molar-refractivity contribution >= 4 is 23.4 Å². The quantitative estimate of drug-likeness (QED) is 0.720. The largest absolute Gasteiger partial charge is 0.214 e. The van der Waals surface area contributed by atoms with E-state index in [2.05, 4.69) is 36.1 Å².